The highest BCUT2D eigenvalue weighted by molar-refractivity contribution is 7.89. The van der Waals surface area contributed by atoms with Crippen LogP contribution in [0.4, 0.5) is 0 Å². The van der Waals surface area contributed by atoms with E-state index in [1.807, 2.05) is 18.2 Å². The highest BCUT2D eigenvalue weighted by Gasteiger charge is 2.35. The van der Waals surface area contributed by atoms with Crippen molar-refractivity contribution in [2.45, 2.75) is 31.9 Å². The van der Waals surface area contributed by atoms with Crippen LogP contribution in [-0.2, 0) is 32.5 Å². The predicted octanol–water partition coefficient (Wildman–Crippen LogP) is 1.74. The molecular formula is C18H22N2O5S. The van der Waals surface area contributed by atoms with Crippen LogP contribution in [0.15, 0.2) is 24.3 Å². The first kappa shape index (κ1) is 17.5. The third kappa shape index (κ3) is 3.24. The number of benzene rings is 1. The van der Waals surface area contributed by atoms with Crippen LogP contribution in [0.2, 0.25) is 0 Å². The number of sulfonamides is 1. The molecule has 1 aromatic carbocycles. The zero-order chi connectivity index (χ0) is 18.3. The van der Waals surface area contributed by atoms with E-state index >= 15 is 0 Å². The number of carboxylic acids is 1. The van der Waals surface area contributed by atoms with Gasteiger partial charge in [-0.2, -0.15) is 4.31 Å². The molecule has 0 amide bonds. The molecular weight excluding hydrogens is 356 g/mol. The lowest BCUT2D eigenvalue weighted by Gasteiger charge is -2.31. The average molecular weight is 378 g/mol. The van der Waals surface area contributed by atoms with Crippen LogP contribution < -0.4 is 0 Å². The minimum Gasteiger partial charge on any atom is -0.481 e. The van der Waals surface area contributed by atoms with Gasteiger partial charge in [-0.3, -0.25) is 4.79 Å². The lowest BCUT2D eigenvalue weighted by molar-refractivity contribution is -0.146. The normalized spacial score (nSPS) is 24.5. The maximum Gasteiger partial charge on any atom is 0.306 e. The number of rotatable bonds is 4. The molecule has 0 radical (unpaired) electrons. The Bertz CT molecular complexity index is 936. The Morgan fingerprint density at radius 3 is 2.96 bits per heavy atom. The second kappa shape index (κ2) is 6.68. The van der Waals surface area contributed by atoms with Crippen LogP contribution in [0.25, 0.3) is 10.9 Å². The van der Waals surface area contributed by atoms with E-state index in [9.17, 15) is 13.2 Å². The van der Waals surface area contributed by atoms with E-state index in [2.05, 4.69) is 11.1 Å². The van der Waals surface area contributed by atoms with Crippen LogP contribution in [0.5, 0.6) is 0 Å². The molecule has 0 bridgehead atoms. The summed E-state index contributed by atoms with van der Waals surface area (Å²) >= 11 is 0. The fourth-order valence-electron chi connectivity index (χ4n) is 3.97. The van der Waals surface area contributed by atoms with Crippen LogP contribution in [0.1, 0.15) is 24.1 Å². The lowest BCUT2D eigenvalue weighted by atomic mass is 9.97. The van der Waals surface area contributed by atoms with Crippen molar-refractivity contribution in [1.29, 1.82) is 0 Å². The number of fused-ring (bicyclic) bond motifs is 3. The van der Waals surface area contributed by atoms with Crippen LogP contribution in [-0.4, -0.2) is 53.8 Å². The maximum absolute atomic E-state index is 12.8. The summed E-state index contributed by atoms with van der Waals surface area (Å²) in [6, 6.07) is 7.99. The number of carboxylic acid groups (broad SMARTS) is 1. The van der Waals surface area contributed by atoms with E-state index in [4.69, 9.17) is 9.84 Å². The van der Waals surface area contributed by atoms with E-state index in [1.54, 1.807) is 0 Å². The molecule has 2 unspecified atom stereocenters. The van der Waals surface area contributed by atoms with Gasteiger partial charge in [-0.15, -0.1) is 0 Å². The van der Waals surface area contributed by atoms with Crippen molar-refractivity contribution in [3.63, 3.8) is 0 Å². The Hall–Kier alpha value is -1.90. The summed E-state index contributed by atoms with van der Waals surface area (Å²) in [6.07, 6.45) is 0.801. The number of carbonyl (C=O) groups is 1. The second-order valence-corrected chi connectivity index (χ2v) is 9.06. The van der Waals surface area contributed by atoms with Crippen molar-refractivity contribution in [3.8, 4) is 0 Å². The van der Waals surface area contributed by atoms with Crippen molar-refractivity contribution in [2.75, 3.05) is 18.9 Å². The quantitative estimate of drug-likeness (QED) is 0.844. The monoisotopic (exact) mass is 378 g/mol. The summed E-state index contributed by atoms with van der Waals surface area (Å²) in [7, 11) is -3.52. The number of nitrogens with one attached hydrogen (secondary N) is 1. The Balaban J connectivity index is 1.49. The molecule has 1 fully saturated rings. The third-order valence-electron chi connectivity index (χ3n) is 5.35. The first-order valence-corrected chi connectivity index (χ1v) is 10.5. The summed E-state index contributed by atoms with van der Waals surface area (Å²) in [5, 5.41) is 10.3. The molecule has 2 atom stereocenters. The first-order chi connectivity index (χ1) is 12.4. The highest BCUT2D eigenvalue weighted by Crippen LogP contribution is 2.29. The fraction of sp³-hybridized carbons (Fsp3) is 0.500. The van der Waals surface area contributed by atoms with Crippen LogP contribution in [0, 0.1) is 5.92 Å². The van der Waals surface area contributed by atoms with Crippen molar-refractivity contribution < 1.29 is 23.1 Å². The summed E-state index contributed by atoms with van der Waals surface area (Å²) < 4.78 is 32.7. The summed E-state index contributed by atoms with van der Waals surface area (Å²) in [4.78, 5) is 14.5. The van der Waals surface area contributed by atoms with Crippen LogP contribution >= 0.6 is 0 Å². The number of H-pyrrole nitrogens is 1. The van der Waals surface area contributed by atoms with E-state index in [1.165, 1.54) is 9.87 Å². The minimum atomic E-state index is -3.52. The number of aromatic amines is 1. The van der Waals surface area contributed by atoms with Gasteiger partial charge in [0.05, 0.1) is 24.3 Å². The van der Waals surface area contributed by atoms with E-state index in [0.29, 0.717) is 32.5 Å². The van der Waals surface area contributed by atoms with Gasteiger partial charge in [-0.25, -0.2) is 8.42 Å². The molecule has 2 N–H and O–H groups in total. The van der Waals surface area contributed by atoms with Gasteiger partial charge in [-0.05, 0) is 30.9 Å². The Morgan fingerprint density at radius 2 is 2.15 bits per heavy atom. The molecule has 0 aliphatic carbocycles. The molecule has 140 valence electrons. The van der Waals surface area contributed by atoms with Gasteiger partial charge >= 0.3 is 5.97 Å². The predicted molar refractivity (Wildman–Crippen MR) is 96.3 cm³/mol. The molecule has 0 saturated carbocycles. The molecule has 1 saturated heterocycles. The van der Waals surface area contributed by atoms with Crippen molar-refractivity contribution >= 4 is 26.9 Å². The molecule has 7 nitrogen and oxygen atoms in total. The number of aliphatic carboxylic acids is 1. The summed E-state index contributed by atoms with van der Waals surface area (Å²) in [5.74, 6) is -1.56. The number of ether oxygens (including phenoxy) is 1. The van der Waals surface area contributed by atoms with Crippen molar-refractivity contribution in [3.05, 3.63) is 35.5 Å². The van der Waals surface area contributed by atoms with Gasteiger partial charge in [0.15, 0.2) is 0 Å². The topological polar surface area (TPSA) is 99.7 Å². The second-order valence-electron chi connectivity index (χ2n) is 7.04. The first-order valence-electron chi connectivity index (χ1n) is 8.85. The molecule has 4 rings (SSSR count). The largest absolute Gasteiger partial charge is 0.481 e. The Kier molecular flexibility index (Phi) is 4.50. The SMILES string of the molecule is O=C(O)C1CCOC(CS(=O)(=O)N2CCc3c([nH]c4ccccc34)C2)C1. The molecule has 1 aromatic heterocycles. The Morgan fingerprint density at radius 1 is 1.35 bits per heavy atom. The molecule has 3 heterocycles. The minimum absolute atomic E-state index is 0.160. The van der Waals surface area contributed by atoms with E-state index in [0.717, 1.165) is 16.6 Å². The standard InChI is InChI=1S/C18H22N2O5S/c21-18(22)12-6-8-25-13(9-12)11-26(23,24)20-7-5-15-14-3-1-2-4-16(14)19-17(15)10-20/h1-4,12-13,19H,5-11H2,(H,21,22). The van der Waals surface area contributed by atoms with Crippen molar-refractivity contribution in [1.82, 2.24) is 9.29 Å². The molecule has 2 aliphatic rings. The van der Waals surface area contributed by atoms with Gasteiger partial charge in [0.1, 0.15) is 0 Å². The maximum atomic E-state index is 12.8. The van der Waals surface area contributed by atoms with Gasteiger partial charge in [0.25, 0.3) is 0 Å². The molecule has 2 aliphatic heterocycles. The summed E-state index contributed by atoms with van der Waals surface area (Å²) in [6.45, 7) is 1.05. The number of nitrogens with zero attached hydrogens (tertiary/aromatic N) is 1. The van der Waals surface area contributed by atoms with Gasteiger partial charge in [-0.1, -0.05) is 18.2 Å². The zero-order valence-electron chi connectivity index (χ0n) is 14.3. The van der Waals surface area contributed by atoms with Crippen molar-refractivity contribution in [2.24, 2.45) is 5.92 Å². The highest BCUT2D eigenvalue weighted by atomic mass is 32.2. The van der Waals surface area contributed by atoms with Gasteiger partial charge in [0.2, 0.25) is 10.0 Å². The number of aromatic nitrogens is 1. The molecule has 0 spiro atoms. The average Bonchev–Trinajstić information content (AvgIpc) is 2.99. The number of hydrogen-bond acceptors (Lipinski definition) is 4. The lowest BCUT2D eigenvalue weighted by Crippen LogP contribution is -2.42. The number of hydrogen-bond donors (Lipinski definition) is 2. The summed E-state index contributed by atoms with van der Waals surface area (Å²) in [5.41, 5.74) is 3.15. The fourth-order valence-corrected chi connectivity index (χ4v) is 5.57. The smallest absolute Gasteiger partial charge is 0.306 e. The molecule has 2 aromatic rings. The number of para-hydroxylation sites is 1. The zero-order valence-corrected chi connectivity index (χ0v) is 15.2. The van der Waals surface area contributed by atoms with Gasteiger partial charge < -0.3 is 14.8 Å². The molecule has 26 heavy (non-hydrogen) atoms. The van der Waals surface area contributed by atoms with E-state index < -0.39 is 28.0 Å². The third-order valence-corrected chi connectivity index (χ3v) is 7.25. The molecule has 8 heteroatoms. The Labute approximate surface area is 152 Å². The van der Waals surface area contributed by atoms with Crippen LogP contribution in [0.3, 0.4) is 0 Å². The van der Waals surface area contributed by atoms with E-state index in [-0.39, 0.29) is 12.2 Å². The van der Waals surface area contributed by atoms with Gasteiger partial charge in [0, 0.05) is 29.7 Å².